The van der Waals surface area contributed by atoms with Crippen molar-refractivity contribution in [1.82, 2.24) is 14.9 Å². The second kappa shape index (κ2) is 7.43. The molecule has 0 N–H and O–H groups in total. The Morgan fingerprint density at radius 3 is 2.88 bits per heavy atom. The zero-order valence-corrected chi connectivity index (χ0v) is 14.2. The summed E-state index contributed by atoms with van der Waals surface area (Å²) in [5.41, 5.74) is 2.80. The first-order valence-electron chi connectivity index (χ1n) is 8.38. The van der Waals surface area contributed by atoms with E-state index in [9.17, 15) is 4.79 Å². The fraction of sp³-hybridized carbons (Fsp3) is 0.421. The normalized spacial score (nSPS) is 17.6. The van der Waals surface area contributed by atoms with Gasteiger partial charge in [0.25, 0.3) is 0 Å². The molecule has 2 aromatic rings. The van der Waals surface area contributed by atoms with Crippen molar-refractivity contribution in [2.75, 3.05) is 20.2 Å². The van der Waals surface area contributed by atoms with Crippen LogP contribution in [0.2, 0.25) is 0 Å². The van der Waals surface area contributed by atoms with E-state index >= 15 is 0 Å². The Morgan fingerprint density at radius 1 is 1.29 bits per heavy atom. The number of rotatable bonds is 4. The number of amides is 1. The van der Waals surface area contributed by atoms with E-state index in [1.54, 1.807) is 26.4 Å². The van der Waals surface area contributed by atoms with Crippen molar-refractivity contribution in [2.45, 2.75) is 26.2 Å². The lowest BCUT2D eigenvalue weighted by molar-refractivity contribution is -0.130. The van der Waals surface area contributed by atoms with E-state index in [2.05, 4.69) is 9.97 Å². The lowest BCUT2D eigenvalue weighted by atomic mass is 9.91. The fourth-order valence-electron chi connectivity index (χ4n) is 3.37. The Balaban J connectivity index is 1.86. The summed E-state index contributed by atoms with van der Waals surface area (Å²) in [4.78, 5) is 22.7. The van der Waals surface area contributed by atoms with E-state index in [1.165, 1.54) is 0 Å². The number of aromatic nitrogens is 2. The second-order valence-electron chi connectivity index (χ2n) is 6.23. The molecule has 1 amide bonds. The molecule has 1 aliphatic rings. The first-order chi connectivity index (χ1) is 11.7. The molecule has 0 unspecified atom stereocenters. The van der Waals surface area contributed by atoms with Crippen LogP contribution in [0.1, 0.15) is 25.5 Å². The molecule has 1 atom stereocenters. The summed E-state index contributed by atoms with van der Waals surface area (Å²) in [6, 6.07) is 7.87. The van der Waals surface area contributed by atoms with Crippen LogP contribution >= 0.6 is 0 Å². The van der Waals surface area contributed by atoms with Crippen LogP contribution in [-0.2, 0) is 11.2 Å². The van der Waals surface area contributed by atoms with Crippen molar-refractivity contribution >= 4 is 5.91 Å². The molecular formula is C19H23N3O2. The van der Waals surface area contributed by atoms with Crippen LogP contribution in [0.5, 0.6) is 5.75 Å². The molecule has 24 heavy (non-hydrogen) atoms. The van der Waals surface area contributed by atoms with Crippen molar-refractivity contribution in [3.8, 4) is 17.0 Å². The van der Waals surface area contributed by atoms with E-state index in [0.717, 1.165) is 55.1 Å². The number of ether oxygens (including phenoxy) is 1. The molecule has 0 saturated carbocycles. The number of carbonyl (C=O) groups is 1. The summed E-state index contributed by atoms with van der Waals surface area (Å²) >= 11 is 0. The van der Waals surface area contributed by atoms with Crippen LogP contribution in [0, 0.1) is 5.92 Å². The van der Waals surface area contributed by atoms with Gasteiger partial charge in [0.15, 0.2) is 0 Å². The predicted molar refractivity (Wildman–Crippen MR) is 92.7 cm³/mol. The number of hydrogen-bond donors (Lipinski definition) is 0. The number of para-hydroxylation sites is 1. The van der Waals surface area contributed by atoms with Gasteiger partial charge >= 0.3 is 0 Å². The zero-order chi connectivity index (χ0) is 16.9. The molecule has 1 saturated heterocycles. The number of nitrogens with zero attached hydrogens (tertiary/aromatic N) is 3. The molecular weight excluding hydrogens is 302 g/mol. The molecule has 0 bridgehead atoms. The highest BCUT2D eigenvalue weighted by atomic mass is 16.5. The summed E-state index contributed by atoms with van der Waals surface area (Å²) < 4.78 is 5.47. The van der Waals surface area contributed by atoms with Crippen molar-refractivity contribution in [2.24, 2.45) is 5.92 Å². The second-order valence-corrected chi connectivity index (χ2v) is 6.23. The average Bonchev–Trinajstić information content (AvgIpc) is 2.62. The highest BCUT2D eigenvalue weighted by Gasteiger charge is 2.24. The summed E-state index contributed by atoms with van der Waals surface area (Å²) in [6.45, 7) is 3.31. The maximum absolute atomic E-state index is 11.7. The van der Waals surface area contributed by atoms with Crippen LogP contribution in [-0.4, -0.2) is 41.0 Å². The highest BCUT2D eigenvalue weighted by molar-refractivity contribution is 5.73. The average molecular weight is 325 g/mol. The van der Waals surface area contributed by atoms with Crippen LogP contribution in [0.3, 0.4) is 0 Å². The Morgan fingerprint density at radius 2 is 2.08 bits per heavy atom. The Hall–Kier alpha value is -2.43. The van der Waals surface area contributed by atoms with Gasteiger partial charge in [0.2, 0.25) is 5.91 Å². The maximum atomic E-state index is 11.7. The van der Waals surface area contributed by atoms with E-state index in [-0.39, 0.29) is 5.91 Å². The Kier molecular flexibility index (Phi) is 5.08. The van der Waals surface area contributed by atoms with Crippen LogP contribution in [0.4, 0.5) is 0 Å². The van der Waals surface area contributed by atoms with Crippen LogP contribution < -0.4 is 4.74 Å². The molecule has 5 nitrogen and oxygen atoms in total. The highest BCUT2D eigenvalue weighted by Crippen LogP contribution is 2.31. The maximum Gasteiger partial charge on any atom is 0.219 e. The molecule has 5 heteroatoms. The minimum atomic E-state index is 0.156. The van der Waals surface area contributed by atoms with Crippen molar-refractivity contribution in [3.05, 3.63) is 42.4 Å². The fourth-order valence-corrected chi connectivity index (χ4v) is 3.37. The third-order valence-electron chi connectivity index (χ3n) is 4.58. The standard InChI is InChI=1S/C19H23N3O2/c1-14(23)22-11-5-6-15(13-22)12-17-19(21-10-9-20-17)16-7-3-4-8-18(16)24-2/h3-4,7-10,15H,5-6,11-13H2,1-2H3/t15-/m0/s1. The number of piperidine rings is 1. The number of likely N-dealkylation sites (tertiary alicyclic amines) is 1. The Bertz CT molecular complexity index is 717. The number of methoxy groups -OCH3 is 1. The minimum Gasteiger partial charge on any atom is -0.496 e. The van der Waals surface area contributed by atoms with Gasteiger partial charge in [0.05, 0.1) is 18.5 Å². The molecule has 1 fully saturated rings. The number of benzene rings is 1. The molecule has 0 radical (unpaired) electrons. The third-order valence-corrected chi connectivity index (χ3v) is 4.58. The summed E-state index contributed by atoms with van der Waals surface area (Å²) in [5, 5.41) is 0. The quantitative estimate of drug-likeness (QED) is 0.867. The van der Waals surface area contributed by atoms with Gasteiger partial charge in [-0.25, -0.2) is 0 Å². The molecule has 2 heterocycles. The largest absolute Gasteiger partial charge is 0.496 e. The number of hydrogen-bond acceptors (Lipinski definition) is 4. The molecule has 1 aliphatic heterocycles. The number of carbonyl (C=O) groups excluding carboxylic acids is 1. The molecule has 1 aromatic carbocycles. The van der Waals surface area contributed by atoms with Gasteiger partial charge in [-0.2, -0.15) is 0 Å². The van der Waals surface area contributed by atoms with Gasteiger partial charge in [-0.3, -0.25) is 14.8 Å². The van der Waals surface area contributed by atoms with Gasteiger partial charge < -0.3 is 9.64 Å². The van der Waals surface area contributed by atoms with Gasteiger partial charge in [-0.05, 0) is 37.3 Å². The lowest BCUT2D eigenvalue weighted by Gasteiger charge is -2.32. The molecule has 3 rings (SSSR count). The first-order valence-corrected chi connectivity index (χ1v) is 8.38. The molecule has 0 spiro atoms. The topological polar surface area (TPSA) is 55.3 Å². The van der Waals surface area contributed by atoms with Crippen molar-refractivity contribution in [3.63, 3.8) is 0 Å². The summed E-state index contributed by atoms with van der Waals surface area (Å²) in [5.74, 6) is 1.38. The first kappa shape index (κ1) is 16.4. The van der Waals surface area contributed by atoms with Crippen molar-refractivity contribution < 1.29 is 9.53 Å². The van der Waals surface area contributed by atoms with E-state index in [0.29, 0.717) is 5.92 Å². The molecule has 126 valence electrons. The van der Waals surface area contributed by atoms with Gasteiger partial charge in [0.1, 0.15) is 5.75 Å². The summed E-state index contributed by atoms with van der Waals surface area (Å²) in [7, 11) is 1.67. The Labute approximate surface area is 142 Å². The van der Waals surface area contributed by atoms with E-state index in [1.807, 2.05) is 29.2 Å². The minimum absolute atomic E-state index is 0.156. The monoisotopic (exact) mass is 325 g/mol. The smallest absolute Gasteiger partial charge is 0.219 e. The molecule has 0 aliphatic carbocycles. The third kappa shape index (κ3) is 3.55. The van der Waals surface area contributed by atoms with Gasteiger partial charge in [-0.15, -0.1) is 0 Å². The van der Waals surface area contributed by atoms with Gasteiger partial charge in [-0.1, -0.05) is 12.1 Å². The lowest BCUT2D eigenvalue weighted by Crippen LogP contribution is -2.39. The van der Waals surface area contributed by atoms with E-state index < -0.39 is 0 Å². The van der Waals surface area contributed by atoms with E-state index in [4.69, 9.17) is 4.74 Å². The molecule has 1 aromatic heterocycles. The SMILES string of the molecule is COc1ccccc1-c1nccnc1C[C@@H]1CCCN(C(C)=O)C1. The summed E-state index contributed by atoms with van der Waals surface area (Å²) in [6.07, 6.45) is 6.44. The predicted octanol–water partition coefficient (Wildman–Crippen LogP) is 2.95. The van der Waals surface area contributed by atoms with Crippen LogP contribution in [0.15, 0.2) is 36.7 Å². The van der Waals surface area contributed by atoms with Crippen molar-refractivity contribution in [1.29, 1.82) is 0 Å². The zero-order valence-electron chi connectivity index (χ0n) is 14.2. The van der Waals surface area contributed by atoms with Crippen LogP contribution in [0.25, 0.3) is 11.3 Å². The van der Waals surface area contributed by atoms with Gasteiger partial charge in [0, 0.05) is 38.0 Å².